The molecule has 1 aliphatic rings. The summed E-state index contributed by atoms with van der Waals surface area (Å²) < 4.78 is 28.5. The molecule has 1 heterocycles. The Morgan fingerprint density at radius 3 is 2.58 bits per heavy atom. The van der Waals surface area contributed by atoms with Gasteiger partial charge in [0.05, 0.1) is 5.69 Å². The Morgan fingerprint density at radius 2 is 2.00 bits per heavy atom. The highest BCUT2D eigenvalue weighted by Gasteiger charge is 2.26. The van der Waals surface area contributed by atoms with Crippen LogP contribution in [0.1, 0.15) is 24.0 Å². The zero-order valence-electron chi connectivity index (χ0n) is 10.7. The molecule has 0 bridgehead atoms. The maximum Gasteiger partial charge on any atom is 0.301 e. The van der Waals surface area contributed by atoms with Crippen LogP contribution in [0.5, 0.6) is 0 Å². The van der Waals surface area contributed by atoms with Gasteiger partial charge in [-0.05, 0) is 31.4 Å². The number of nitrogens with two attached hydrogens (primary N) is 1. The lowest BCUT2D eigenvalue weighted by Crippen LogP contribution is -2.34. The van der Waals surface area contributed by atoms with Crippen molar-refractivity contribution < 1.29 is 8.42 Å². The third kappa shape index (κ3) is 3.05. The molecule has 7 heteroatoms. The minimum Gasteiger partial charge on any atom is -0.389 e. The molecule has 0 aromatic heterocycles. The van der Waals surface area contributed by atoms with E-state index in [0.717, 1.165) is 18.4 Å². The molecule has 1 aromatic carbocycles. The molecule has 1 saturated heterocycles. The van der Waals surface area contributed by atoms with Gasteiger partial charge in [0.2, 0.25) is 0 Å². The second kappa shape index (κ2) is 5.44. The van der Waals surface area contributed by atoms with Crippen molar-refractivity contribution in [2.45, 2.75) is 19.8 Å². The molecule has 1 aliphatic heterocycles. The Morgan fingerprint density at radius 1 is 1.37 bits per heavy atom. The maximum atomic E-state index is 12.2. The first-order chi connectivity index (χ1) is 8.92. The van der Waals surface area contributed by atoms with Gasteiger partial charge in [-0.2, -0.15) is 12.7 Å². The monoisotopic (exact) mass is 299 g/mol. The third-order valence-corrected chi connectivity index (χ3v) is 4.89. The third-order valence-electron chi connectivity index (χ3n) is 3.16. The van der Waals surface area contributed by atoms with Crippen molar-refractivity contribution in [3.05, 3.63) is 29.3 Å². The predicted octanol–water partition coefficient (Wildman–Crippen LogP) is 1.38. The molecule has 0 aliphatic carbocycles. The van der Waals surface area contributed by atoms with Crippen LogP contribution in [0.3, 0.4) is 0 Å². The Hall–Kier alpha value is -1.18. The Balaban J connectivity index is 2.33. The minimum absolute atomic E-state index is 0.192. The number of thiocarbonyl (C=S) groups is 1. The second-order valence-corrected chi connectivity index (χ2v) is 6.69. The summed E-state index contributed by atoms with van der Waals surface area (Å²) in [6.07, 6.45) is 1.80. The minimum atomic E-state index is -3.52. The summed E-state index contributed by atoms with van der Waals surface area (Å²) in [5.74, 6) is 0. The first-order valence-electron chi connectivity index (χ1n) is 6.09. The highest BCUT2D eigenvalue weighted by atomic mass is 32.2. The highest BCUT2D eigenvalue weighted by molar-refractivity contribution is 7.90. The summed E-state index contributed by atoms with van der Waals surface area (Å²) >= 11 is 4.99. The van der Waals surface area contributed by atoms with Gasteiger partial charge < -0.3 is 5.73 Å². The van der Waals surface area contributed by atoms with Crippen molar-refractivity contribution in [1.29, 1.82) is 0 Å². The number of benzene rings is 1. The first kappa shape index (κ1) is 14.2. The lowest BCUT2D eigenvalue weighted by molar-refractivity contribution is 0.482. The van der Waals surface area contributed by atoms with Gasteiger partial charge in [-0.1, -0.05) is 24.4 Å². The molecule has 0 spiro atoms. The van der Waals surface area contributed by atoms with Gasteiger partial charge in [-0.3, -0.25) is 4.72 Å². The standard InChI is InChI=1S/C12H17N3O2S2/c1-9-5-4-6-10(11(9)12(13)18)14-19(16,17)15-7-2-3-8-15/h4-6,14H,2-3,7-8H2,1H3,(H2,13,18). The second-order valence-electron chi connectivity index (χ2n) is 4.57. The molecule has 0 amide bonds. The Bertz CT molecular complexity index is 593. The molecule has 2 rings (SSSR count). The van der Waals surface area contributed by atoms with E-state index in [1.54, 1.807) is 12.1 Å². The SMILES string of the molecule is Cc1cccc(NS(=O)(=O)N2CCCC2)c1C(N)=S. The van der Waals surface area contributed by atoms with Gasteiger partial charge in [0.15, 0.2) is 0 Å². The zero-order chi connectivity index (χ0) is 14.0. The summed E-state index contributed by atoms with van der Waals surface area (Å²) in [5.41, 5.74) is 7.55. The summed E-state index contributed by atoms with van der Waals surface area (Å²) in [6.45, 7) is 2.97. The van der Waals surface area contributed by atoms with Crippen LogP contribution in [0, 0.1) is 6.92 Å². The molecule has 5 nitrogen and oxygen atoms in total. The molecule has 1 fully saturated rings. The van der Waals surface area contributed by atoms with E-state index in [0.29, 0.717) is 24.3 Å². The first-order valence-corrected chi connectivity index (χ1v) is 7.94. The van der Waals surface area contributed by atoms with E-state index >= 15 is 0 Å². The molecule has 0 radical (unpaired) electrons. The van der Waals surface area contributed by atoms with Crippen LogP contribution in [-0.2, 0) is 10.2 Å². The number of nitrogens with zero attached hydrogens (tertiary/aromatic N) is 1. The summed E-state index contributed by atoms with van der Waals surface area (Å²) in [4.78, 5) is 0.192. The number of aryl methyl sites for hydroxylation is 1. The van der Waals surface area contributed by atoms with E-state index in [-0.39, 0.29) is 4.99 Å². The van der Waals surface area contributed by atoms with Gasteiger partial charge in [-0.15, -0.1) is 0 Å². The number of rotatable bonds is 4. The van der Waals surface area contributed by atoms with E-state index < -0.39 is 10.2 Å². The smallest absolute Gasteiger partial charge is 0.301 e. The van der Waals surface area contributed by atoms with Crippen LogP contribution in [0.25, 0.3) is 0 Å². The van der Waals surface area contributed by atoms with Crippen LogP contribution in [0.4, 0.5) is 5.69 Å². The van der Waals surface area contributed by atoms with E-state index in [9.17, 15) is 8.42 Å². The lowest BCUT2D eigenvalue weighted by atomic mass is 10.1. The van der Waals surface area contributed by atoms with Gasteiger partial charge >= 0.3 is 10.2 Å². The molecule has 104 valence electrons. The van der Waals surface area contributed by atoms with Crippen LogP contribution < -0.4 is 10.5 Å². The topological polar surface area (TPSA) is 75.4 Å². The summed E-state index contributed by atoms with van der Waals surface area (Å²) in [6, 6.07) is 5.30. The predicted molar refractivity (Wildman–Crippen MR) is 80.4 cm³/mol. The normalized spacial score (nSPS) is 16.5. The van der Waals surface area contributed by atoms with Crippen molar-refractivity contribution >= 4 is 33.1 Å². The largest absolute Gasteiger partial charge is 0.389 e. The summed E-state index contributed by atoms with van der Waals surface area (Å²) in [5, 5.41) is 0. The molecular weight excluding hydrogens is 282 g/mol. The molecular formula is C12H17N3O2S2. The lowest BCUT2D eigenvalue weighted by Gasteiger charge is -2.19. The average Bonchev–Trinajstić information content (AvgIpc) is 2.81. The van der Waals surface area contributed by atoms with Gasteiger partial charge in [0.25, 0.3) is 0 Å². The number of hydrogen-bond donors (Lipinski definition) is 2. The van der Waals surface area contributed by atoms with Gasteiger partial charge in [0, 0.05) is 18.7 Å². The number of nitrogens with one attached hydrogen (secondary N) is 1. The van der Waals surface area contributed by atoms with Gasteiger partial charge in [0.1, 0.15) is 4.99 Å². The van der Waals surface area contributed by atoms with E-state index in [1.165, 1.54) is 4.31 Å². The van der Waals surface area contributed by atoms with Crippen molar-refractivity contribution in [2.24, 2.45) is 5.73 Å². The highest BCUT2D eigenvalue weighted by Crippen LogP contribution is 2.22. The Labute approximate surface area is 119 Å². The van der Waals surface area contributed by atoms with E-state index in [1.807, 2.05) is 13.0 Å². The van der Waals surface area contributed by atoms with Crippen molar-refractivity contribution in [3.8, 4) is 0 Å². The van der Waals surface area contributed by atoms with E-state index in [4.69, 9.17) is 18.0 Å². The van der Waals surface area contributed by atoms with Crippen LogP contribution in [0.2, 0.25) is 0 Å². The van der Waals surface area contributed by atoms with Crippen LogP contribution in [-0.4, -0.2) is 30.8 Å². The van der Waals surface area contributed by atoms with E-state index in [2.05, 4.69) is 4.72 Å². The van der Waals surface area contributed by atoms with Gasteiger partial charge in [-0.25, -0.2) is 0 Å². The number of hydrogen-bond acceptors (Lipinski definition) is 3. The average molecular weight is 299 g/mol. The van der Waals surface area contributed by atoms with Crippen molar-refractivity contribution in [1.82, 2.24) is 4.31 Å². The molecule has 3 N–H and O–H groups in total. The summed E-state index contributed by atoms with van der Waals surface area (Å²) in [7, 11) is -3.52. The van der Waals surface area contributed by atoms with Crippen LogP contribution >= 0.6 is 12.2 Å². The molecule has 0 unspecified atom stereocenters. The van der Waals surface area contributed by atoms with Crippen molar-refractivity contribution in [2.75, 3.05) is 17.8 Å². The quantitative estimate of drug-likeness (QED) is 0.824. The number of anilines is 1. The molecule has 0 saturated carbocycles. The van der Waals surface area contributed by atoms with Crippen LogP contribution in [0.15, 0.2) is 18.2 Å². The fraction of sp³-hybridized carbons (Fsp3) is 0.417. The molecule has 0 atom stereocenters. The Kier molecular flexibility index (Phi) is 4.07. The fourth-order valence-electron chi connectivity index (χ4n) is 2.21. The molecule has 19 heavy (non-hydrogen) atoms. The molecule has 1 aromatic rings. The van der Waals surface area contributed by atoms with Crippen molar-refractivity contribution in [3.63, 3.8) is 0 Å². The fourth-order valence-corrected chi connectivity index (χ4v) is 3.80. The zero-order valence-corrected chi connectivity index (χ0v) is 12.4. The maximum absolute atomic E-state index is 12.2.